The molecule has 1 aromatic heterocycles. The largest absolute Gasteiger partial charge is 0.208 e. The fourth-order valence-corrected chi connectivity index (χ4v) is 10.0. The summed E-state index contributed by atoms with van der Waals surface area (Å²) >= 11 is 0. The van der Waals surface area contributed by atoms with E-state index >= 15 is 0 Å². The first-order valence-electron chi connectivity index (χ1n) is 20.9. The summed E-state index contributed by atoms with van der Waals surface area (Å²) in [6, 6.07) is 80.3. The third-order valence-electron chi connectivity index (χ3n) is 12.6. The van der Waals surface area contributed by atoms with Crippen LogP contribution in [-0.2, 0) is 5.41 Å². The third kappa shape index (κ3) is 5.41. The lowest BCUT2D eigenvalue weighted by Gasteiger charge is -2.30. The van der Waals surface area contributed by atoms with Gasteiger partial charge in [-0.05, 0) is 84.0 Å². The normalized spacial score (nSPS) is 12.7. The van der Waals surface area contributed by atoms with Gasteiger partial charge in [-0.25, -0.2) is 15.0 Å². The standard InChI is InChI=1S/C58H37N3/c1-3-19-38(20-4-1)41-23-7-10-29-48(41)55-59-56(49-30-11-8-24-42(49)39-21-5-2-6-22-39)61-57(60-55)50-31-12-9-25-43(50)40-35-36-47-46-28-15-18-34-53(46)58(54(47)37-40)51-32-16-13-26-44(51)45-27-14-17-33-52(45)58/h1-37H. The predicted molar refractivity (Wildman–Crippen MR) is 249 cm³/mol. The summed E-state index contributed by atoms with van der Waals surface area (Å²) in [5.41, 5.74) is 19.3. The van der Waals surface area contributed by atoms with Gasteiger partial charge < -0.3 is 0 Å². The van der Waals surface area contributed by atoms with Gasteiger partial charge in [0, 0.05) is 16.7 Å². The average Bonchev–Trinajstić information content (AvgIpc) is 3.81. The van der Waals surface area contributed by atoms with E-state index in [-0.39, 0.29) is 0 Å². The molecular weight excluding hydrogens is 739 g/mol. The minimum Gasteiger partial charge on any atom is -0.208 e. The first-order chi connectivity index (χ1) is 30.3. The van der Waals surface area contributed by atoms with Crippen LogP contribution in [0.5, 0.6) is 0 Å². The van der Waals surface area contributed by atoms with E-state index in [1.165, 1.54) is 44.5 Å². The van der Waals surface area contributed by atoms with Gasteiger partial charge in [-0.15, -0.1) is 0 Å². The van der Waals surface area contributed by atoms with Crippen molar-refractivity contribution in [3.8, 4) is 89.8 Å². The molecule has 0 N–H and O–H groups in total. The first-order valence-corrected chi connectivity index (χ1v) is 20.9. The maximum Gasteiger partial charge on any atom is 0.164 e. The summed E-state index contributed by atoms with van der Waals surface area (Å²) in [6.07, 6.45) is 0. The Kier molecular flexibility index (Phi) is 8.07. The van der Waals surface area contributed by atoms with E-state index < -0.39 is 5.41 Å². The monoisotopic (exact) mass is 775 g/mol. The quantitative estimate of drug-likeness (QED) is 0.169. The Morgan fingerprint density at radius 3 is 0.902 bits per heavy atom. The van der Waals surface area contributed by atoms with Crippen LogP contribution in [0.1, 0.15) is 22.3 Å². The predicted octanol–water partition coefficient (Wildman–Crippen LogP) is 14.2. The molecule has 1 spiro atoms. The molecular formula is C58H37N3. The van der Waals surface area contributed by atoms with Crippen LogP contribution in [0.3, 0.4) is 0 Å². The maximum atomic E-state index is 5.39. The first kappa shape index (κ1) is 35.0. The Balaban J connectivity index is 1.09. The van der Waals surface area contributed by atoms with Crippen molar-refractivity contribution in [1.29, 1.82) is 0 Å². The highest BCUT2D eigenvalue weighted by atomic mass is 15.0. The lowest BCUT2D eigenvalue weighted by Crippen LogP contribution is -2.25. The molecule has 0 unspecified atom stereocenters. The zero-order valence-corrected chi connectivity index (χ0v) is 33.2. The van der Waals surface area contributed by atoms with Crippen molar-refractivity contribution in [2.24, 2.45) is 0 Å². The Labute approximate surface area is 355 Å². The molecule has 0 aliphatic heterocycles. The number of hydrogen-bond acceptors (Lipinski definition) is 3. The van der Waals surface area contributed by atoms with Gasteiger partial charge in [-0.2, -0.15) is 0 Å². The van der Waals surface area contributed by atoms with Crippen molar-refractivity contribution in [3.63, 3.8) is 0 Å². The molecule has 12 rings (SSSR count). The Hall–Kier alpha value is -8.01. The zero-order chi connectivity index (χ0) is 40.3. The van der Waals surface area contributed by atoms with E-state index in [4.69, 9.17) is 15.0 Å². The maximum absolute atomic E-state index is 5.39. The van der Waals surface area contributed by atoms with E-state index in [0.717, 1.165) is 50.1 Å². The fourth-order valence-electron chi connectivity index (χ4n) is 10.0. The molecule has 2 aliphatic rings. The highest BCUT2D eigenvalue weighted by molar-refractivity contribution is 5.97. The van der Waals surface area contributed by atoms with Gasteiger partial charge in [0.25, 0.3) is 0 Å². The van der Waals surface area contributed by atoms with Crippen LogP contribution in [-0.4, -0.2) is 15.0 Å². The number of benzene rings is 9. The Bertz CT molecular complexity index is 3150. The van der Waals surface area contributed by atoms with Crippen molar-refractivity contribution >= 4 is 0 Å². The molecule has 0 saturated heterocycles. The van der Waals surface area contributed by atoms with E-state index in [1.54, 1.807) is 0 Å². The zero-order valence-electron chi connectivity index (χ0n) is 33.2. The van der Waals surface area contributed by atoms with Crippen LogP contribution in [0, 0.1) is 0 Å². The molecule has 9 aromatic carbocycles. The number of hydrogen-bond donors (Lipinski definition) is 0. The molecule has 0 bridgehead atoms. The highest BCUT2D eigenvalue weighted by Crippen LogP contribution is 2.63. The molecule has 0 radical (unpaired) electrons. The molecule has 1 heterocycles. The second-order valence-electron chi connectivity index (χ2n) is 15.8. The molecule has 2 aliphatic carbocycles. The molecule has 61 heavy (non-hydrogen) atoms. The molecule has 284 valence electrons. The number of rotatable bonds is 6. The molecule has 10 aromatic rings. The molecule has 0 fully saturated rings. The van der Waals surface area contributed by atoms with Gasteiger partial charge in [-0.1, -0.05) is 218 Å². The van der Waals surface area contributed by atoms with Gasteiger partial charge in [0.05, 0.1) is 5.41 Å². The smallest absolute Gasteiger partial charge is 0.164 e. The van der Waals surface area contributed by atoms with Crippen LogP contribution in [0.25, 0.3) is 89.8 Å². The summed E-state index contributed by atoms with van der Waals surface area (Å²) in [4.78, 5) is 16.1. The molecule has 3 heteroatoms. The van der Waals surface area contributed by atoms with E-state index in [9.17, 15) is 0 Å². The number of aromatic nitrogens is 3. The molecule has 0 saturated carbocycles. The van der Waals surface area contributed by atoms with Crippen molar-refractivity contribution in [3.05, 3.63) is 247 Å². The Morgan fingerprint density at radius 1 is 0.213 bits per heavy atom. The lowest BCUT2D eigenvalue weighted by molar-refractivity contribution is 0.794. The summed E-state index contributed by atoms with van der Waals surface area (Å²) in [5.74, 6) is 1.87. The van der Waals surface area contributed by atoms with Crippen LogP contribution in [0.15, 0.2) is 224 Å². The minimum atomic E-state index is -0.445. The average molecular weight is 776 g/mol. The van der Waals surface area contributed by atoms with Gasteiger partial charge in [0.2, 0.25) is 0 Å². The summed E-state index contributed by atoms with van der Waals surface area (Å²) in [6.45, 7) is 0. The van der Waals surface area contributed by atoms with Crippen LogP contribution < -0.4 is 0 Å². The van der Waals surface area contributed by atoms with Gasteiger partial charge in [0.15, 0.2) is 17.5 Å². The van der Waals surface area contributed by atoms with E-state index in [2.05, 4.69) is 212 Å². The lowest BCUT2D eigenvalue weighted by atomic mass is 9.70. The molecule has 0 atom stereocenters. The fraction of sp³-hybridized carbons (Fsp3) is 0.0172. The number of nitrogens with zero attached hydrogens (tertiary/aromatic N) is 3. The third-order valence-corrected chi connectivity index (χ3v) is 12.6. The summed E-state index contributed by atoms with van der Waals surface area (Å²) in [5, 5.41) is 0. The molecule has 0 amide bonds. The van der Waals surface area contributed by atoms with Crippen molar-refractivity contribution < 1.29 is 0 Å². The SMILES string of the molecule is c1ccc(-c2ccccc2-c2nc(-c3ccccc3-c3ccccc3)nc(-c3ccccc3-c3ccc4c(c3)C3(c5ccccc5-c5ccccc53)c3ccccc3-4)n2)cc1. The highest BCUT2D eigenvalue weighted by Gasteiger charge is 2.51. The second-order valence-corrected chi connectivity index (χ2v) is 15.8. The van der Waals surface area contributed by atoms with Crippen LogP contribution in [0.2, 0.25) is 0 Å². The summed E-state index contributed by atoms with van der Waals surface area (Å²) < 4.78 is 0. The van der Waals surface area contributed by atoms with E-state index in [1.807, 2.05) is 12.1 Å². The minimum absolute atomic E-state index is 0.445. The Morgan fingerprint density at radius 2 is 0.508 bits per heavy atom. The van der Waals surface area contributed by atoms with Crippen molar-refractivity contribution in [2.45, 2.75) is 5.41 Å². The van der Waals surface area contributed by atoms with Crippen molar-refractivity contribution in [1.82, 2.24) is 15.0 Å². The van der Waals surface area contributed by atoms with Crippen LogP contribution in [0.4, 0.5) is 0 Å². The summed E-state index contributed by atoms with van der Waals surface area (Å²) in [7, 11) is 0. The van der Waals surface area contributed by atoms with Crippen molar-refractivity contribution in [2.75, 3.05) is 0 Å². The van der Waals surface area contributed by atoms with E-state index in [0.29, 0.717) is 17.5 Å². The molecule has 3 nitrogen and oxygen atoms in total. The van der Waals surface area contributed by atoms with Crippen LogP contribution >= 0.6 is 0 Å². The second kappa shape index (κ2) is 14.1. The van der Waals surface area contributed by atoms with Gasteiger partial charge >= 0.3 is 0 Å². The number of fused-ring (bicyclic) bond motifs is 10. The van der Waals surface area contributed by atoms with Gasteiger partial charge in [0.1, 0.15) is 0 Å². The van der Waals surface area contributed by atoms with Gasteiger partial charge in [-0.3, -0.25) is 0 Å². The topological polar surface area (TPSA) is 38.7 Å².